The fourth-order valence-electron chi connectivity index (χ4n) is 4.62. The first-order valence-corrected chi connectivity index (χ1v) is 11.6. The van der Waals surface area contributed by atoms with Crippen LogP contribution in [0.25, 0.3) is 0 Å². The van der Waals surface area contributed by atoms with E-state index in [4.69, 9.17) is 0 Å². The molecule has 6 N–H and O–H groups in total. The zero-order valence-corrected chi connectivity index (χ0v) is 21.1. The number of hydrogen-bond donors (Lipinski definition) is 6. The summed E-state index contributed by atoms with van der Waals surface area (Å²) in [6.07, 6.45) is -4.80. The van der Waals surface area contributed by atoms with Crippen LogP contribution < -0.4 is 0 Å². The van der Waals surface area contributed by atoms with Crippen molar-refractivity contribution in [2.75, 3.05) is 6.61 Å². The summed E-state index contributed by atoms with van der Waals surface area (Å²) in [5.41, 5.74) is 3.08. The van der Waals surface area contributed by atoms with Crippen LogP contribution in [0.1, 0.15) is 44.5 Å². The number of aliphatic hydroxyl groups excluding tert-OH is 4. The van der Waals surface area contributed by atoms with Gasteiger partial charge in [-0.3, -0.25) is 0 Å². The van der Waals surface area contributed by atoms with E-state index in [1.807, 2.05) is 65.8 Å². The molecule has 6 heteroatoms. The lowest BCUT2D eigenvalue weighted by molar-refractivity contribution is -0.218. The quantitative estimate of drug-likeness (QED) is 0.294. The minimum absolute atomic E-state index is 0.0736. The minimum atomic E-state index is -2.39. The van der Waals surface area contributed by atoms with Crippen molar-refractivity contribution in [1.29, 1.82) is 0 Å². The van der Waals surface area contributed by atoms with Gasteiger partial charge in [0.15, 0.2) is 0 Å². The van der Waals surface area contributed by atoms with Crippen LogP contribution in [0.5, 0.6) is 0 Å². The molecule has 34 heavy (non-hydrogen) atoms. The van der Waals surface area contributed by atoms with Gasteiger partial charge in [0.05, 0.1) is 6.61 Å². The molecule has 5 atom stereocenters. The first-order chi connectivity index (χ1) is 15.7. The van der Waals surface area contributed by atoms with Gasteiger partial charge in [0.25, 0.3) is 0 Å². The molecule has 0 aliphatic heterocycles. The predicted molar refractivity (Wildman–Crippen MR) is 134 cm³/mol. The summed E-state index contributed by atoms with van der Waals surface area (Å²) in [6.45, 7) is 14.6. The first-order valence-electron chi connectivity index (χ1n) is 11.6. The molecule has 0 aromatic heterocycles. The largest absolute Gasteiger partial charge is 0.394 e. The second-order valence-electron chi connectivity index (χ2n) is 9.85. The molecule has 188 valence electrons. The van der Waals surface area contributed by atoms with Crippen molar-refractivity contribution in [2.45, 2.75) is 83.9 Å². The third kappa shape index (κ3) is 5.60. The van der Waals surface area contributed by atoms with Gasteiger partial charge < -0.3 is 30.6 Å². The number of hydrogen-bond acceptors (Lipinski definition) is 6. The van der Waals surface area contributed by atoms with E-state index in [0.29, 0.717) is 5.56 Å². The minimum Gasteiger partial charge on any atom is -0.394 e. The molecule has 0 amide bonds. The molecular formula is C28H40O6. The number of rotatable bonds is 10. The van der Waals surface area contributed by atoms with E-state index in [0.717, 1.165) is 45.0 Å². The standard InChI is InChI=1S/C28H40O6/c1-8-27(33,13-22-9-16(2)20(6)17(3)10-22)26(32)28(34,25(31)24(30)15-29)14-23-11-18(4)21(7)19(5)12-23/h8-12,24-26,29-34H,1,13-15H2,2-7H3/t24-,25+,26+,27?,28+/m0/s1. The molecule has 0 aliphatic rings. The molecule has 0 aliphatic carbocycles. The number of benzene rings is 2. The Hall–Kier alpha value is -2.06. The van der Waals surface area contributed by atoms with Crippen LogP contribution in [0.15, 0.2) is 36.9 Å². The summed E-state index contributed by atoms with van der Waals surface area (Å²) in [4.78, 5) is 0. The third-order valence-corrected chi connectivity index (χ3v) is 7.31. The SMILES string of the molecule is C=CC(O)(Cc1cc(C)c(C)c(C)c1)[C@@H](O)[C@@](O)(Cc1cc(C)c(C)c(C)c1)[C@H](O)[C@@H](O)CO. The lowest BCUT2D eigenvalue weighted by Crippen LogP contribution is -2.66. The van der Waals surface area contributed by atoms with Crippen molar-refractivity contribution in [3.63, 3.8) is 0 Å². The average Bonchev–Trinajstić information content (AvgIpc) is 2.78. The van der Waals surface area contributed by atoms with Crippen molar-refractivity contribution in [3.05, 3.63) is 81.4 Å². The van der Waals surface area contributed by atoms with Crippen LogP contribution in [0, 0.1) is 41.5 Å². The Morgan fingerprint density at radius 2 is 1.15 bits per heavy atom. The van der Waals surface area contributed by atoms with Gasteiger partial charge in [-0.25, -0.2) is 0 Å². The van der Waals surface area contributed by atoms with Gasteiger partial charge in [0.1, 0.15) is 29.5 Å². The van der Waals surface area contributed by atoms with Gasteiger partial charge in [-0.1, -0.05) is 30.3 Å². The van der Waals surface area contributed by atoms with Gasteiger partial charge >= 0.3 is 0 Å². The molecule has 0 saturated carbocycles. The third-order valence-electron chi connectivity index (χ3n) is 7.31. The van der Waals surface area contributed by atoms with Crippen molar-refractivity contribution in [3.8, 4) is 0 Å². The molecule has 0 fully saturated rings. The fourth-order valence-corrected chi connectivity index (χ4v) is 4.62. The normalized spacial score (nSPS) is 18.0. The van der Waals surface area contributed by atoms with Gasteiger partial charge in [-0.05, 0) is 86.1 Å². The second kappa shape index (κ2) is 10.7. The topological polar surface area (TPSA) is 121 Å². The predicted octanol–water partition coefficient (Wildman–Crippen LogP) is 2.05. The van der Waals surface area contributed by atoms with Crippen molar-refractivity contribution >= 4 is 0 Å². The summed E-state index contributed by atoms with van der Waals surface area (Å²) in [5.74, 6) is 0. The van der Waals surface area contributed by atoms with Crippen molar-refractivity contribution in [1.82, 2.24) is 0 Å². The number of aliphatic hydroxyl groups is 6. The van der Waals surface area contributed by atoms with E-state index in [9.17, 15) is 30.6 Å². The summed E-state index contributed by atoms with van der Waals surface area (Å²) in [7, 11) is 0. The fraction of sp³-hybridized carbons (Fsp3) is 0.500. The van der Waals surface area contributed by atoms with Crippen LogP contribution in [0.2, 0.25) is 0 Å². The first kappa shape index (κ1) is 28.2. The maximum atomic E-state index is 11.7. The van der Waals surface area contributed by atoms with Crippen LogP contribution >= 0.6 is 0 Å². The van der Waals surface area contributed by atoms with E-state index in [2.05, 4.69) is 6.58 Å². The Bertz CT molecular complexity index is 986. The molecule has 0 saturated heterocycles. The van der Waals surface area contributed by atoms with E-state index in [1.54, 1.807) is 0 Å². The Balaban J connectivity index is 2.56. The summed E-state index contributed by atoms with van der Waals surface area (Å²) < 4.78 is 0. The average molecular weight is 473 g/mol. The lowest BCUT2D eigenvalue weighted by atomic mass is 9.72. The van der Waals surface area contributed by atoms with Crippen LogP contribution in [0.3, 0.4) is 0 Å². The highest BCUT2D eigenvalue weighted by atomic mass is 16.4. The van der Waals surface area contributed by atoms with Crippen LogP contribution in [-0.4, -0.2) is 66.8 Å². The summed E-state index contributed by atoms with van der Waals surface area (Å²) in [5, 5.41) is 65.0. The Labute approximate surface area is 202 Å². The van der Waals surface area contributed by atoms with Crippen molar-refractivity contribution < 1.29 is 30.6 Å². The Morgan fingerprint density at radius 1 is 0.765 bits per heavy atom. The van der Waals surface area contributed by atoms with Crippen LogP contribution in [-0.2, 0) is 12.8 Å². The van der Waals surface area contributed by atoms with E-state index < -0.39 is 36.1 Å². The summed E-state index contributed by atoms with van der Waals surface area (Å²) in [6, 6.07) is 7.46. The van der Waals surface area contributed by atoms with Gasteiger partial charge in [-0.2, -0.15) is 0 Å². The van der Waals surface area contributed by atoms with E-state index in [-0.39, 0.29) is 12.8 Å². The Morgan fingerprint density at radius 3 is 1.50 bits per heavy atom. The molecule has 0 radical (unpaired) electrons. The summed E-state index contributed by atoms with van der Waals surface area (Å²) >= 11 is 0. The molecule has 2 aromatic rings. The van der Waals surface area contributed by atoms with E-state index in [1.165, 1.54) is 0 Å². The van der Waals surface area contributed by atoms with Crippen molar-refractivity contribution in [2.24, 2.45) is 0 Å². The van der Waals surface area contributed by atoms with E-state index >= 15 is 0 Å². The lowest BCUT2D eigenvalue weighted by Gasteiger charge is -2.45. The highest BCUT2D eigenvalue weighted by Gasteiger charge is 2.53. The molecule has 0 spiro atoms. The molecular weight excluding hydrogens is 432 g/mol. The molecule has 0 bridgehead atoms. The number of aryl methyl sites for hydroxylation is 4. The van der Waals surface area contributed by atoms with Gasteiger partial charge in [0.2, 0.25) is 0 Å². The second-order valence-corrected chi connectivity index (χ2v) is 9.85. The maximum Gasteiger partial charge on any atom is 0.126 e. The molecule has 1 unspecified atom stereocenters. The molecule has 2 aromatic carbocycles. The molecule has 0 heterocycles. The zero-order chi connectivity index (χ0) is 26.0. The van der Waals surface area contributed by atoms with Crippen LogP contribution in [0.4, 0.5) is 0 Å². The smallest absolute Gasteiger partial charge is 0.126 e. The monoisotopic (exact) mass is 472 g/mol. The highest BCUT2D eigenvalue weighted by molar-refractivity contribution is 5.39. The zero-order valence-electron chi connectivity index (χ0n) is 21.1. The Kier molecular flexibility index (Phi) is 8.86. The van der Waals surface area contributed by atoms with Gasteiger partial charge in [-0.15, -0.1) is 6.58 Å². The molecule has 2 rings (SSSR count). The van der Waals surface area contributed by atoms with Gasteiger partial charge in [0, 0.05) is 12.8 Å². The molecule has 6 nitrogen and oxygen atoms in total. The maximum absolute atomic E-state index is 11.7. The highest BCUT2D eigenvalue weighted by Crippen LogP contribution is 2.34.